The van der Waals surface area contributed by atoms with Crippen LogP contribution in [0, 0.1) is 0 Å². The molecule has 1 heterocycles. The molecule has 4 aromatic carbocycles. The number of hydrogen-bond donors (Lipinski definition) is 0. The highest BCUT2D eigenvalue weighted by Gasteiger charge is 2.14. The molecule has 0 atom stereocenters. The Bertz CT molecular complexity index is 1240. The number of halogens is 1. The Morgan fingerprint density at radius 1 is 0.556 bits per heavy atom. The summed E-state index contributed by atoms with van der Waals surface area (Å²) in [7, 11) is 0. The Labute approximate surface area is 170 Å². The zero-order valence-electron chi connectivity index (χ0n) is 14.5. The number of thiophene rings is 1. The summed E-state index contributed by atoms with van der Waals surface area (Å²) in [6.45, 7) is 0. The Kier molecular flexibility index (Phi) is 4.19. The van der Waals surface area contributed by atoms with Gasteiger partial charge in [-0.2, -0.15) is 0 Å². The van der Waals surface area contributed by atoms with E-state index < -0.39 is 0 Å². The molecule has 0 spiro atoms. The number of anilines is 3. The van der Waals surface area contributed by atoms with E-state index in [1.165, 1.54) is 25.9 Å². The van der Waals surface area contributed by atoms with Gasteiger partial charge in [-0.15, -0.1) is 11.3 Å². The van der Waals surface area contributed by atoms with Crippen LogP contribution in [-0.4, -0.2) is 0 Å². The molecule has 0 aliphatic heterocycles. The summed E-state index contributed by atoms with van der Waals surface area (Å²) in [5.41, 5.74) is 3.45. The van der Waals surface area contributed by atoms with Gasteiger partial charge in [-0.05, 0) is 48.5 Å². The first-order chi connectivity index (χ1) is 13.3. The average molecular weight is 430 g/mol. The van der Waals surface area contributed by atoms with Crippen molar-refractivity contribution in [2.75, 3.05) is 4.90 Å². The third-order valence-corrected chi connectivity index (χ3v) is 6.33. The van der Waals surface area contributed by atoms with Crippen molar-refractivity contribution in [3.8, 4) is 0 Å². The summed E-state index contributed by atoms with van der Waals surface area (Å²) in [6, 6.07) is 34.3. The zero-order chi connectivity index (χ0) is 18.2. The minimum absolute atomic E-state index is 1.07. The lowest BCUT2D eigenvalue weighted by molar-refractivity contribution is 1.29. The zero-order valence-corrected chi connectivity index (χ0v) is 16.9. The second-order valence-corrected chi connectivity index (χ2v) is 8.43. The fraction of sp³-hybridized carbons (Fsp3) is 0. The molecule has 0 unspecified atom stereocenters. The highest BCUT2D eigenvalue weighted by molar-refractivity contribution is 9.10. The van der Waals surface area contributed by atoms with Crippen LogP contribution in [-0.2, 0) is 0 Å². The lowest BCUT2D eigenvalue weighted by Gasteiger charge is -2.25. The fourth-order valence-corrected chi connectivity index (χ4v) is 5.02. The second kappa shape index (κ2) is 6.84. The summed E-state index contributed by atoms with van der Waals surface area (Å²) in [4.78, 5) is 2.30. The first-order valence-corrected chi connectivity index (χ1v) is 10.4. The van der Waals surface area contributed by atoms with Crippen LogP contribution in [0.5, 0.6) is 0 Å². The molecular weight excluding hydrogens is 414 g/mol. The van der Waals surface area contributed by atoms with Crippen molar-refractivity contribution in [2.45, 2.75) is 0 Å². The van der Waals surface area contributed by atoms with Gasteiger partial charge >= 0.3 is 0 Å². The third kappa shape index (κ3) is 3.03. The van der Waals surface area contributed by atoms with Gasteiger partial charge in [0.05, 0.1) is 0 Å². The monoisotopic (exact) mass is 429 g/mol. The molecule has 0 amide bonds. The number of nitrogens with zero attached hydrogens (tertiary/aromatic N) is 1. The van der Waals surface area contributed by atoms with Crippen LogP contribution in [0.25, 0.3) is 20.2 Å². The van der Waals surface area contributed by atoms with Crippen LogP contribution in [0.3, 0.4) is 0 Å². The number of rotatable bonds is 3. The smallest absolute Gasteiger partial charge is 0.0476 e. The van der Waals surface area contributed by atoms with E-state index in [1.807, 2.05) is 11.3 Å². The van der Waals surface area contributed by atoms with E-state index in [9.17, 15) is 0 Å². The van der Waals surface area contributed by atoms with Crippen molar-refractivity contribution in [1.82, 2.24) is 0 Å². The molecule has 0 saturated heterocycles. The van der Waals surface area contributed by atoms with Gasteiger partial charge in [-0.1, -0.05) is 64.5 Å². The van der Waals surface area contributed by atoms with Gasteiger partial charge in [0.1, 0.15) is 0 Å². The van der Waals surface area contributed by atoms with Gasteiger partial charge in [-0.3, -0.25) is 0 Å². The van der Waals surface area contributed by atoms with Crippen LogP contribution in [0.2, 0.25) is 0 Å². The maximum absolute atomic E-state index is 3.61. The second-order valence-electron chi connectivity index (χ2n) is 6.43. The van der Waals surface area contributed by atoms with E-state index in [1.54, 1.807) is 0 Å². The quantitative estimate of drug-likeness (QED) is 0.278. The van der Waals surface area contributed by atoms with E-state index in [4.69, 9.17) is 0 Å². The summed E-state index contributed by atoms with van der Waals surface area (Å²) in [5.74, 6) is 0. The molecule has 130 valence electrons. The Hall–Kier alpha value is -2.62. The highest BCUT2D eigenvalue weighted by atomic mass is 79.9. The number of hydrogen-bond acceptors (Lipinski definition) is 2. The van der Waals surface area contributed by atoms with Crippen LogP contribution in [0.4, 0.5) is 17.1 Å². The van der Waals surface area contributed by atoms with Crippen molar-refractivity contribution >= 4 is 64.5 Å². The van der Waals surface area contributed by atoms with Crippen LogP contribution in [0.15, 0.2) is 102 Å². The molecule has 27 heavy (non-hydrogen) atoms. The fourth-order valence-electron chi connectivity index (χ4n) is 3.49. The largest absolute Gasteiger partial charge is 0.310 e. The number of benzene rings is 4. The van der Waals surface area contributed by atoms with Crippen LogP contribution in [0.1, 0.15) is 0 Å². The van der Waals surface area contributed by atoms with E-state index >= 15 is 0 Å². The molecule has 0 N–H and O–H groups in total. The van der Waals surface area contributed by atoms with Gasteiger partial charge < -0.3 is 4.90 Å². The molecule has 0 bridgehead atoms. The molecule has 0 fully saturated rings. The maximum Gasteiger partial charge on any atom is 0.0476 e. The Balaban J connectivity index is 1.72. The van der Waals surface area contributed by atoms with Gasteiger partial charge in [0.2, 0.25) is 0 Å². The minimum atomic E-state index is 1.07. The average Bonchev–Trinajstić information content (AvgIpc) is 3.07. The summed E-state index contributed by atoms with van der Waals surface area (Å²) in [5, 5.41) is 2.65. The highest BCUT2D eigenvalue weighted by Crippen LogP contribution is 2.40. The molecule has 3 heteroatoms. The van der Waals surface area contributed by atoms with Crippen LogP contribution >= 0.6 is 27.3 Å². The first-order valence-electron chi connectivity index (χ1n) is 8.82. The summed E-state index contributed by atoms with van der Waals surface area (Å²) < 4.78 is 3.71. The molecule has 1 aromatic heterocycles. The van der Waals surface area contributed by atoms with E-state index in [2.05, 4.69) is 118 Å². The SMILES string of the molecule is Brc1cccc(N(c2ccccc2)c2ccc3c(c2)sc2ccccc23)c1. The molecule has 0 radical (unpaired) electrons. The predicted molar refractivity (Wildman–Crippen MR) is 122 cm³/mol. The van der Waals surface area contributed by atoms with Crippen molar-refractivity contribution in [3.63, 3.8) is 0 Å². The van der Waals surface area contributed by atoms with Crippen molar-refractivity contribution < 1.29 is 0 Å². The molecular formula is C24H16BrNS. The number of para-hydroxylation sites is 1. The molecule has 0 saturated carbocycles. The van der Waals surface area contributed by atoms with E-state index in [0.29, 0.717) is 0 Å². The summed E-state index contributed by atoms with van der Waals surface area (Å²) >= 11 is 5.46. The molecule has 5 rings (SSSR count). The van der Waals surface area contributed by atoms with Gasteiger partial charge in [-0.25, -0.2) is 0 Å². The van der Waals surface area contributed by atoms with Crippen LogP contribution < -0.4 is 4.90 Å². The molecule has 5 aromatic rings. The molecule has 0 aliphatic rings. The lowest BCUT2D eigenvalue weighted by Crippen LogP contribution is -2.09. The molecule has 1 nitrogen and oxygen atoms in total. The van der Waals surface area contributed by atoms with Gasteiger partial charge in [0.15, 0.2) is 0 Å². The van der Waals surface area contributed by atoms with Gasteiger partial charge in [0.25, 0.3) is 0 Å². The first kappa shape index (κ1) is 16.5. The molecule has 0 aliphatic carbocycles. The van der Waals surface area contributed by atoms with Crippen molar-refractivity contribution in [3.05, 3.63) is 102 Å². The van der Waals surface area contributed by atoms with E-state index in [0.717, 1.165) is 15.8 Å². The normalized spacial score (nSPS) is 11.1. The number of fused-ring (bicyclic) bond motifs is 3. The van der Waals surface area contributed by atoms with Gasteiger partial charge in [0, 0.05) is 41.7 Å². The minimum Gasteiger partial charge on any atom is -0.310 e. The maximum atomic E-state index is 3.61. The topological polar surface area (TPSA) is 3.24 Å². The van der Waals surface area contributed by atoms with Crippen molar-refractivity contribution in [1.29, 1.82) is 0 Å². The third-order valence-electron chi connectivity index (χ3n) is 4.70. The Morgan fingerprint density at radius 2 is 1.26 bits per heavy atom. The lowest BCUT2D eigenvalue weighted by atomic mass is 10.1. The summed E-state index contributed by atoms with van der Waals surface area (Å²) in [6.07, 6.45) is 0. The van der Waals surface area contributed by atoms with E-state index in [-0.39, 0.29) is 0 Å². The standard InChI is InChI=1S/C24H16BrNS/c25-17-7-6-10-19(15-17)26(18-8-2-1-3-9-18)20-13-14-22-21-11-4-5-12-23(21)27-24(22)16-20/h1-16H. The predicted octanol–water partition coefficient (Wildman–Crippen LogP) is 8.29. The Morgan fingerprint density at radius 3 is 2.11 bits per heavy atom. The van der Waals surface area contributed by atoms with Crippen molar-refractivity contribution in [2.24, 2.45) is 0 Å².